The van der Waals surface area contributed by atoms with Crippen LogP contribution in [-0.2, 0) is 0 Å². The molecule has 28 heavy (non-hydrogen) atoms. The van der Waals surface area contributed by atoms with Crippen molar-refractivity contribution in [3.8, 4) is 17.2 Å². The average Bonchev–Trinajstić information content (AvgIpc) is 3.07. The van der Waals surface area contributed by atoms with Crippen molar-refractivity contribution in [3.63, 3.8) is 0 Å². The van der Waals surface area contributed by atoms with E-state index in [-0.39, 0.29) is 41.8 Å². The number of hydrogen-bond acceptors (Lipinski definition) is 3. The molecule has 4 rings (SSSR count). The SMILES string of the molecule is CCOc1ccc([C@@H]2CC[C@H]3c4ccc(OCC)c(F)c4O[C@@H]3C2)c(F)c1F. The highest BCUT2D eigenvalue weighted by atomic mass is 19.2. The van der Waals surface area contributed by atoms with Gasteiger partial charge in [-0.15, -0.1) is 0 Å². The molecule has 6 heteroatoms. The second kappa shape index (κ2) is 7.57. The minimum absolute atomic E-state index is 0.0621. The number of ether oxygens (including phenoxy) is 3. The molecule has 0 unspecified atom stereocenters. The lowest BCUT2D eigenvalue weighted by Gasteiger charge is -2.31. The van der Waals surface area contributed by atoms with Crippen molar-refractivity contribution in [1.82, 2.24) is 0 Å². The molecule has 1 aliphatic heterocycles. The van der Waals surface area contributed by atoms with Gasteiger partial charge < -0.3 is 14.2 Å². The minimum atomic E-state index is -0.954. The van der Waals surface area contributed by atoms with Gasteiger partial charge in [0.05, 0.1) is 13.2 Å². The van der Waals surface area contributed by atoms with Gasteiger partial charge in [-0.3, -0.25) is 0 Å². The zero-order chi connectivity index (χ0) is 19.8. The van der Waals surface area contributed by atoms with Crippen LogP contribution >= 0.6 is 0 Å². The van der Waals surface area contributed by atoms with Crippen LogP contribution in [0.2, 0.25) is 0 Å². The van der Waals surface area contributed by atoms with Crippen molar-refractivity contribution in [2.75, 3.05) is 13.2 Å². The van der Waals surface area contributed by atoms with E-state index in [4.69, 9.17) is 14.2 Å². The molecule has 0 radical (unpaired) electrons. The largest absolute Gasteiger partial charge is 0.491 e. The predicted octanol–water partition coefficient (Wildman–Crippen LogP) is 5.71. The maximum Gasteiger partial charge on any atom is 0.207 e. The van der Waals surface area contributed by atoms with Crippen LogP contribution in [0, 0.1) is 17.5 Å². The first-order chi connectivity index (χ1) is 13.5. The van der Waals surface area contributed by atoms with Crippen LogP contribution in [0.1, 0.15) is 56.1 Å². The van der Waals surface area contributed by atoms with Gasteiger partial charge in [0, 0.05) is 11.5 Å². The summed E-state index contributed by atoms with van der Waals surface area (Å²) >= 11 is 0. The van der Waals surface area contributed by atoms with E-state index in [9.17, 15) is 13.2 Å². The lowest BCUT2D eigenvalue weighted by atomic mass is 9.75. The Hall–Kier alpha value is -2.37. The Morgan fingerprint density at radius 1 is 0.857 bits per heavy atom. The van der Waals surface area contributed by atoms with Crippen LogP contribution in [-0.4, -0.2) is 19.3 Å². The Morgan fingerprint density at radius 2 is 1.50 bits per heavy atom. The summed E-state index contributed by atoms with van der Waals surface area (Å²) in [4.78, 5) is 0. The fraction of sp³-hybridized carbons (Fsp3) is 0.455. The molecule has 0 amide bonds. The molecule has 1 heterocycles. The average molecular weight is 392 g/mol. The predicted molar refractivity (Wildman–Crippen MR) is 98.8 cm³/mol. The molecule has 0 saturated heterocycles. The van der Waals surface area contributed by atoms with Gasteiger partial charge in [0.25, 0.3) is 0 Å². The van der Waals surface area contributed by atoms with Crippen LogP contribution in [0.15, 0.2) is 24.3 Å². The van der Waals surface area contributed by atoms with E-state index in [0.29, 0.717) is 25.0 Å². The first-order valence-corrected chi connectivity index (χ1v) is 9.77. The molecule has 150 valence electrons. The molecule has 3 atom stereocenters. The highest BCUT2D eigenvalue weighted by Crippen LogP contribution is 2.51. The molecule has 1 fully saturated rings. The van der Waals surface area contributed by atoms with Crippen molar-refractivity contribution in [2.24, 2.45) is 0 Å². The zero-order valence-electron chi connectivity index (χ0n) is 15.9. The van der Waals surface area contributed by atoms with Crippen LogP contribution in [0.25, 0.3) is 0 Å². The lowest BCUT2D eigenvalue weighted by Crippen LogP contribution is -2.27. The Balaban J connectivity index is 1.57. The molecule has 1 saturated carbocycles. The fourth-order valence-corrected chi connectivity index (χ4v) is 4.41. The summed E-state index contributed by atoms with van der Waals surface area (Å²) in [7, 11) is 0. The number of fused-ring (bicyclic) bond motifs is 3. The molecule has 2 aliphatic rings. The molecular weight excluding hydrogens is 369 g/mol. The van der Waals surface area contributed by atoms with E-state index in [1.807, 2.05) is 6.07 Å². The van der Waals surface area contributed by atoms with Gasteiger partial charge >= 0.3 is 0 Å². The van der Waals surface area contributed by atoms with Crippen molar-refractivity contribution in [3.05, 3.63) is 52.8 Å². The molecule has 2 aromatic rings. The minimum Gasteiger partial charge on any atom is -0.491 e. The van der Waals surface area contributed by atoms with E-state index in [1.54, 1.807) is 26.0 Å². The van der Waals surface area contributed by atoms with Gasteiger partial charge in [-0.25, -0.2) is 4.39 Å². The maximum atomic E-state index is 14.7. The van der Waals surface area contributed by atoms with Gasteiger partial charge in [0.2, 0.25) is 11.6 Å². The van der Waals surface area contributed by atoms with Crippen LogP contribution in [0.4, 0.5) is 13.2 Å². The Bertz CT molecular complexity index is 884. The van der Waals surface area contributed by atoms with Gasteiger partial charge in [0.1, 0.15) is 6.10 Å². The molecule has 0 N–H and O–H groups in total. The van der Waals surface area contributed by atoms with E-state index >= 15 is 0 Å². The quantitative estimate of drug-likeness (QED) is 0.652. The number of hydrogen-bond donors (Lipinski definition) is 0. The van der Waals surface area contributed by atoms with Crippen molar-refractivity contribution >= 4 is 0 Å². The van der Waals surface area contributed by atoms with E-state index in [1.165, 1.54) is 6.07 Å². The van der Waals surface area contributed by atoms with Crippen LogP contribution in [0.5, 0.6) is 17.2 Å². The Labute approximate surface area is 162 Å². The third kappa shape index (κ3) is 3.09. The summed E-state index contributed by atoms with van der Waals surface area (Å²) < 4.78 is 59.9. The third-order valence-corrected chi connectivity index (χ3v) is 5.67. The molecule has 0 spiro atoms. The van der Waals surface area contributed by atoms with Crippen molar-refractivity contribution in [2.45, 2.75) is 51.0 Å². The summed E-state index contributed by atoms with van der Waals surface area (Å²) in [5.74, 6) is -2.09. The molecule has 1 aliphatic carbocycles. The topological polar surface area (TPSA) is 27.7 Å². The van der Waals surface area contributed by atoms with Crippen molar-refractivity contribution in [1.29, 1.82) is 0 Å². The van der Waals surface area contributed by atoms with Gasteiger partial charge in [-0.05, 0) is 56.7 Å². The highest BCUT2D eigenvalue weighted by molar-refractivity contribution is 5.48. The summed E-state index contributed by atoms with van der Waals surface area (Å²) in [5.41, 5.74) is 1.16. The van der Waals surface area contributed by atoms with E-state index in [0.717, 1.165) is 12.0 Å². The number of rotatable bonds is 5. The smallest absolute Gasteiger partial charge is 0.207 e. The van der Waals surface area contributed by atoms with Crippen LogP contribution < -0.4 is 14.2 Å². The summed E-state index contributed by atoms with van der Waals surface area (Å²) in [6.07, 6.45) is 1.66. The summed E-state index contributed by atoms with van der Waals surface area (Å²) in [5, 5.41) is 0. The maximum absolute atomic E-state index is 14.7. The summed E-state index contributed by atoms with van der Waals surface area (Å²) in [6.45, 7) is 4.15. The van der Waals surface area contributed by atoms with E-state index < -0.39 is 17.5 Å². The molecule has 3 nitrogen and oxygen atoms in total. The lowest BCUT2D eigenvalue weighted by molar-refractivity contribution is 0.145. The molecule has 0 aromatic heterocycles. The first-order valence-electron chi connectivity index (χ1n) is 9.77. The summed E-state index contributed by atoms with van der Waals surface area (Å²) in [6, 6.07) is 6.55. The second-order valence-corrected chi connectivity index (χ2v) is 7.22. The Morgan fingerprint density at radius 3 is 2.18 bits per heavy atom. The molecule has 0 bridgehead atoms. The number of benzene rings is 2. The van der Waals surface area contributed by atoms with Crippen LogP contribution in [0.3, 0.4) is 0 Å². The Kier molecular flexibility index (Phi) is 5.13. The molecule has 2 aromatic carbocycles. The third-order valence-electron chi connectivity index (χ3n) is 5.67. The standard InChI is InChI=1S/C22H23F3O3/c1-3-26-16-9-7-13(19(23)20(16)24)12-5-6-14-15-8-10-17(27-4-2)21(25)22(15)28-18(14)11-12/h7-10,12,14,18H,3-6,11H2,1-2H3/t12-,14+,18-/m1/s1. The number of halogens is 3. The zero-order valence-corrected chi connectivity index (χ0v) is 15.9. The highest BCUT2D eigenvalue weighted by Gasteiger charge is 2.42. The van der Waals surface area contributed by atoms with Crippen molar-refractivity contribution < 1.29 is 27.4 Å². The first kappa shape index (κ1) is 19.0. The van der Waals surface area contributed by atoms with E-state index in [2.05, 4.69) is 0 Å². The van der Waals surface area contributed by atoms with Gasteiger partial charge in [-0.2, -0.15) is 8.78 Å². The second-order valence-electron chi connectivity index (χ2n) is 7.22. The van der Waals surface area contributed by atoms with Gasteiger partial charge in [-0.1, -0.05) is 12.1 Å². The monoisotopic (exact) mass is 392 g/mol. The molecular formula is C22H23F3O3. The normalized spacial score (nSPS) is 23.0. The fourth-order valence-electron chi connectivity index (χ4n) is 4.41. The van der Waals surface area contributed by atoms with Gasteiger partial charge in [0.15, 0.2) is 23.1 Å².